The van der Waals surface area contributed by atoms with Crippen LogP contribution in [0.2, 0.25) is 10.0 Å². The second kappa shape index (κ2) is 6.94. The zero-order chi connectivity index (χ0) is 18.4. The largest absolute Gasteiger partial charge is 0.314 e. The van der Waals surface area contributed by atoms with Crippen LogP contribution in [0.15, 0.2) is 29.4 Å². The number of fused-ring (bicyclic) bond motifs is 1. The van der Waals surface area contributed by atoms with Crippen LogP contribution >= 0.6 is 23.2 Å². The molecule has 3 heterocycles. The lowest BCUT2D eigenvalue weighted by Gasteiger charge is -2.26. The first kappa shape index (κ1) is 17.9. The molecular weight excluding hydrogens is 397 g/mol. The van der Waals surface area contributed by atoms with Gasteiger partial charge in [0.1, 0.15) is 22.1 Å². The predicted octanol–water partition coefficient (Wildman–Crippen LogP) is 2.36. The Morgan fingerprint density at radius 2 is 1.85 bits per heavy atom. The zero-order valence-corrected chi connectivity index (χ0v) is 16.3. The van der Waals surface area contributed by atoms with Crippen LogP contribution in [-0.4, -0.2) is 50.2 Å². The molecule has 2 unspecified atom stereocenters. The van der Waals surface area contributed by atoms with E-state index in [2.05, 4.69) is 10.3 Å². The van der Waals surface area contributed by atoms with Crippen molar-refractivity contribution >= 4 is 51.7 Å². The number of nitrogens with zero attached hydrogens (tertiary/aromatic N) is 4. The lowest BCUT2D eigenvalue weighted by molar-refractivity contribution is -0.119. The van der Waals surface area contributed by atoms with Gasteiger partial charge in [0, 0.05) is 36.2 Å². The molecule has 1 aromatic carbocycles. The van der Waals surface area contributed by atoms with Gasteiger partial charge in [-0.3, -0.25) is 9.36 Å². The molecule has 1 fully saturated rings. The van der Waals surface area contributed by atoms with Crippen molar-refractivity contribution in [2.75, 3.05) is 31.1 Å². The van der Waals surface area contributed by atoms with Gasteiger partial charge >= 0.3 is 0 Å². The molecule has 2 aliphatic rings. The standard InChI is InChI=1S/C16H17Cl2N5O2S/c1-10-15(24)23(13-7-11(17)6-12(18)8-13)16-20-9-14(22(10)16)26(25)21-4-2-19-3-5-21/h6-10,19H,2-5H2,1H3. The Labute approximate surface area is 163 Å². The molecule has 1 saturated heterocycles. The summed E-state index contributed by atoms with van der Waals surface area (Å²) in [7, 11) is -1.37. The summed E-state index contributed by atoms with van der Waals surface area (Å²) in [6, 6.07) is 4.42. The minimum atomic E-state index is -1.37. The highest BCUT2D eigenvalue weighted by molar-refractivity contribution is 7.82. The number of carbonyl (C=O) groups is 1. The third kappa shape index (κ3) is 2.95. The summed E-state index contributed by atoms with van der Waals surface area (Å²) in [6.45, 7) is 4.72. The van der Waals surface area contributed by atoms with Crippen LogP contribution in [-0.2, 0) is 15.8 Å². The van der Waals surface area contributed by atoms with Crippen molar-refractivity contribution in [1.82, 2.24) is 19.2 Å². The maximum atomic E-state index is 13.0. The van der Waals surface area contributed by atoms with Crippen molar-refractivity contribution < 1.29 is 9.00 Å². The number of piperazine rings is 1. The summed E-state index contributed by atoms with van der Waals surface area (Å²) in [5, 5.41) is 4.63. The molecule has 0 aliphatic carbocycles. The van der Waals surface area contributed by atoms with E-state index in [0.29, 0.717) is 39.8 Å². The lowest BCUT2D eigenvalue weighted by Crippen LogP contribution is -2.44. The van der Waals surface area contributed by atoms with Gasteiger partial charge in [0.05, 0.1) is 11.9 Å². The first-order valence-electron chi connectivity index (χ1n) is 8.22. The number of halogens is 2. The normalized spacial score (nSPS) is 21.9. The average molecular weight is 414 g/mol. The molecule has 1 N–H and O–H groups in total. The van der Waals surface area contributed by atoms with E-state index in [4.69, 9.17) is 23.2 Å². The number of hydrogen-bond acceptors (Lipinski definition) is 4. The molecule has 138 valence electrons. The Morgan fingerprint density at radius 1 is 1.19 bits per heavy atom. The highest BCUT2D eigenvalue weighted by atomic mass is 35.5. The van der Waals surface area contributed by atoms with E-state index in [-0.39, 0.29) is 5.91 Å². The SMILES string of the molecule is CC1C(=O)N(c2cc(Cl)cc(Cl)c2)c2ncc(S(=O)N3CCNCC3)n21. The first-order chi connectivity index (χ1) is 12.5. The molecule has 2 aromatic rings. The van der Waals surface area contributed by atoms with Gasteiger partial charge in [0.25, 0.3) is 5.91 Å². The Bertz CT molecular complexity index is 877. The fraction of sp³-hybridized carbons (Fsp3) is 0.375. The molecule has 0 bridgehead atoms. The molecule has 10 heteroatoms. The van der Waals surface area contributed by atoms with Crippen molar-refractivity contribution in [3.8, 4) is 0 Å². The van der Waals surface area contributed by atoms with Gasteiger partial charge in [-0.05, 0) is 25.1 Å². The van der Waals surface area contributed by atoms with Crippen molar-refractivity contribution in [3.63, 3.8) is 0 Å². The van der Waals surface area contributed by atoms with Crippen LogP contribution in [0, 0.1) is 0 Å². The van der Waals surface area contributed by atoms with Crippen LogP contribution in [0.4, 0.5) is 11.6 Å². The molecule has 1 amide bonds. The van der Waals surface area contributed by atoms with E-state index in [0.717, 1.165) is 13.1 Å². The third-order valence-corrected chi connectivity index (χ3v) is 6.43. The summed E-state index contributed by atoms with van der Waals surface area (Å²) in [5.41, 5.74) is 0.545. The first-order valence-corrected chi connectivity index (χ1v) is 10.1. The molecule has 7 nitrogen and oxygen atoms in total. The lowest BCUT2D eigenvalue weighted by atomic mass is 10.2. The third-order valence-electron chi connectivity index (χ3n) is 4.50. The van der Waals surface area contributed by atoms with E-state index in [9.17, 15) is 9.00 Å². The van der Waals surface area contributed by atoms with Crippen LogP contribution in [0.1, 0.15) is 13.0 Å². The summed E-state index contributed by atoms with van der Waals surface area (Å²) < 4.78 is 16.6. The fourth-order valence-electron chi connectivity index (χ4n) is 3.24. The summed E-state index contributed by atoms with van der Waals surface area (Å²) in [6.07, 6.45) is 1.58. The van der Waals surface area contributed by atoms with Crippen molar-refractivity contribution in [2.24, 2.45) is 0 Å². The number of aromatic nitrogens is 2. The summed E-state index contributed by atoms with van der Waals surface area (Å²) in [5.74, 6) is 0.268. The number of amides is 1. The monoisotopic (exact) mass is 413 g/mol. The highest BCUT2D eigenvalue weighted by Gasteiger charge is 2.40. The number of nitrogens with one attached hydrogen (secondary N) is 1. The number of imidazole rings is 1. The van der Waals surface area contributed by atoms with E-state index >= 15 is 0 Å². The van der Waals surface area contributed by atoms with Gasteiger partial charge in [0.15, 0.2) is 0 Å². The van der Waals surface area contributed by atoms with E-state index in [1.54, 1.807) is 35.9 Å². The topological polar surface area (TPSA) is 70.5 Å². The Hall–Kier alpha value is -1.45. The van der Waals surface area contributed by atoms with Gasteiger partial charge in [-0.2, -0.15) is 0 Å². The van der Waals surface area contributed by atoms with E-state index < -0.39 is 17.0 Å². The van der Waals surface area contributed by atoms with Gasteiger partial charge < -0.3 is 5.32 Å². The molecular formula is C16H17Cl2N5O2S. The zero-order valence-electron chi connectivity index (χ0n) is 14.0. The van der Waals surface area contributed by atoms with Crippen LogP contribution in [0.25, 0.3) is 0 Å². The van der Waals surface area contributed by atoms with Gasteiger partial charge in [0.2, 0.25) is 5.95 Å². The number of anilines is 2. The molecule has 2 atom stereocenters. The van der Waals surface area contributed by atoms with Crippen LogP contribution in [0.3, 0.4) is 0 Å². The van der Waals surface area contributed by atoms with Gasteiger partial charge in [-0.1, -0.05) is 23.2 Å². The number of benzene rings is 1. The van der Waals surface area contributed by atoms with Crippen LogP contribution in [0.5, 0.6) is 0 Å². The van der Waals surface area contributed by atoms with Crippen LogP contribution < -0.4 is 10.2 Å². The quantitative estimate of drug-likeness (QED) is 0.837. The Morgan fingerprint density at radius 3 is 2.50 bits per heavy atom. The minimum Gasteiger partial charge on any atom is -0.314 e. The highest BCUT2D eigenvalue weighted by Crippen LogP contribution is 2.39. The molecule has 0 spiro atoms. The molecule has 2 aliphatic heterocycles. The maximum absolute atomic E-state index is 13.0. The van der Waals surface area contributed by atoms with Gasteiger partial charge in [-0.25, -0.2) is 18.4 Å². The molecule has 0 radical (unpaired) electrons. The van der Waals surface area contributed by atoms with Crippen molar-refractivity contribution in [3.05, 3.63) is 34.4 Å². The Kier molecular flexibility index (Phi) is 4.79. The van der Waals surface area contributed by atoms with E-state index in [1.165, 1.54) is 4.90 Å². The Balaban J connectivity index is 1.74. The maximum Gasteiger partial charge on any atom is 0.256 e. The number of hydrogen-bond donors (Lipinski definition) is 1. The number of carbonyl (C=O) groups excluding carboxylic acids is 1. The van der Waals surface area contributed by atoms with Gasteiger partial charge in [-0.15, -0.1) is 0 Å². The second-order valence-corrected chi connectivity index (χ2v) is 8.48. The molecule has 0 saturated carbocycles. The average Bonchev–Trinajstić information content (AvgIpc) is 3.14. The molecule has 1 aromatic heterocycles. The van der Waals surface area contributed by atoms with Crippen molar-refractivity contribution in [1.29, 1.82) is 0 Å². The summed E-state index contributed by atoms with van der Waals surface area (Å²) in [4.78, 5) is 18.7. The number of rotatable bonds is 3. The molecule has 4 rings (SSSR count). The molecule has 26 heavy (non-hydrogen) atoms. The summed E-state index contributed by atoms with van der Waals surface area (Å²) >= 11 is 12.2. The van der Waals surface area contributed by atoms with E-state index in [1.807, 2.05) is 4.31 Å². The minimum absolute atomic E-state index is 0.162. The van der Waals surface area contributed by atoms with Crippen molar-refractivity contribution in [2.45, 2.75) is 18.0 Å². The smallest absolute Gasteiger partial charge is 0.256 e. The predicted molar refractivity (Wildman–Crippen MR) is 101 cm³/mol. The second-order valence-electron chi connectivity index (χ2n) is 6.17. The fourth-order valence-corrected chi connectivity index (χ4v) is 5.09.